The standard InChI is InChI=1S/C21H30N9O11P/c1-35-5-11-14(15(37-3)18(40-11)30-8-25-19(22)28-21(30)32)41-42(33,34)38-6-10-9(36-2)4-12(39-10)29-7-24-13-16(29)26-20(23)27-17(13)31/h7-12,14-15,18H,4-6H2,1-3H3,(H,33,34)(H2,22,28,32)(H3,23,26,27,31)/t9-,10-,11-,12-,14+,15?,18-/m1/s1. The molecule has 0 bridgehead atoms. The SMILES string of the molecule is COC[C@H]1O[C@@H](n2cnc(N)nc2=O)C(OC)[C@H]1OP(=O)(O)OC[C@H]1O[C@@H](n2cnc3c(=O)[nH]c(N)nc32)C[C@H]1OC. The van der Waals surface area contributed by atoms with E-state index in [-0.39, 0.29) is 36.1 Å². The predicted octanol–water partition coefficient (Wildman–Crippen LogP) is -1.70. The van der Waals surface area contributed by atoms with Crippen LogP contribution in [0.1, 0.15) is 18.9 Å². The number of nitrogens with one attached hydrogen (secondary N) is 1. The summed E-state index contributed by atoms with van der Waals surface area (Å²) in [6.07, 6.45) is -3.71. The molecule has 2 unspecified atom stereocenters. The van der Waals surface area contributed by atoms with Crippen molar-refractivity contribution in [1.82, 2.24) is 34.1 Å². The summed E-state index contributed by atoms with van der Waals surface area (Å²) in [6, 6.07) is 0. The molecule has 0 amide bonds. The quantitative estimate of drug-likeness (QED) is 0.175. The molecule has 0 saturated carbocycles. The minimum absolute atomic E-state index is 0.0675. The number of phosphoric ester groups is 1. The van der Waals surface area contributed by atoms with Crippen LogP contribution in [-0.2, 0) is 37.3 Å². The van der Waals surface area contributed by atoms with Gasteiger partial charge < -0.3 is 40.0 Å². The Balaban J connectivity index is 1.29. The topological polar surface area (TPSA) is 265 Å². The minimum Gasteiger partial charge on any atom is -0.382 e. The van der Waals surface area contributed by atoms with Crippen molar-refractivity contribution in [3.63, 3.8) is 0 Å². The number of ether oxygens (including phenoxy) is 5. The van der Waals surface area contributed by atoms with E-state index >= 15 is 0 Å². The third kappa shape index (κ3) is 5.93. The van der Waals surface area contributed by atoms with Crippen LogP contribution >= 0.6 is 7.82 Å². The lowest BCUT2D eigenvalue weighted by molar-refractivity contribution is -0.0677. The summed E-state index contributed by atoms with van der Waals surface area (Å²) >= 11 is 0. The van der Waals surface area contributed by atoms with E-state index in [1.165, 1.54) is 32.2 Å². The summed E-state index contributed by atoms with van der Waals surface area (Å²) in [7, 11) is -0.644. The van der Waals surface area contributed by atoms with Crippen LogP contribution < -0.4 is 22.7 Å². The molecule has 230 valence electrons. The van der Waals surface area contributed by atoms with Gasteiger partial charge >= 0.3 is 13.5 Å². The molecule has 5 heterocycles. The summed E-state index contributed by atoms with van der Waals surface area (Å²) in [6.45, 7) is -0.495. The van der Waals surface area contributed by atoms with Crippen LogP contribution in [0.15, 0.2) is 22.2 Å². The first-order valence-electron chi connectivity index (χ1n) is 12.5. The second-order valence-corrected chi connectivity index (χ2v) is 10.8. The number of aromatic amines is 1. The van der Waals surface area contributed by atoms with E-state index in [2.05, 4.69) is 24.9 Å². The number of rotatable bonds is 11. The molecule has 0 spiro atoms. The molecule has 0 radical (unpaired) electrons. The molecule has 42 heavy (non-hydrogen) atoms. The first-order chi connectivity index (χ1) is 20.0. The van der Waals surface area contributed by atoms with Crippen LogP contribution in [0, 0.1) is 0 Å². The first kappa shape index (κ1) is 30.1. The maximum absolute atomic E-state index is 13.1. The second kappa shape index (κ2) is 12.1. The van der Waals surface area contributed by atoms with Crippen molar-refractivity contribution in [2.45, 2.75) is 49.4 Å². The zero-order valence-electron chi connectivity index (χ0n) is 22.6. The third-order valence-electron chi connectivity index (χ3n) is 6.81. The number of phosphoric acid groups is 1. The first-order valence-corrected chi connectivity index (χ1v) is 14.0. The van der Waals surface area contributed by atoms with E-state index in [0.717, 1.165) is 10.9 Å². The minimum atomic E-state index is -4.80. The van der Waals surface area contributed by atoms with Gasteiger partial charge in [0.2, 0.25) is 11.9 Å². The van der Waals surface area contributed by atoms with Gasteiger partial charge in [0.1, 0.15) is 37.0 Å². The molecule has 20 nitrogen and oxygen atoms in total. The van der Waals surface area contributed by atoms with Gasteiger partial charge in [0.15, 0.2) is 17.4 Å². The molecular weight excluding hydrogens is 585 g/mol. The van der Waals surface area contributed by atoms with Crippen molar-refractivity contribution in [3.05, 3.63) is 33.5 Å². The van der Waals surface area contributed by atoms with E-state index in [4.69, 9.17) is 44.2 Å². The smallest absolute Gasteiger partial charge is 0.382 e. The molecule has 5 rings (SSSR count). The number of hydrogen-bond acceptors (Lipinski definition) is 16. The Bertz CT molecular complexity index is 1580. The Morgan fingerprint density at radius 2 is 1.81 bits per heavy atom. The van der Waals surface area contributed by atoms with Crippen molar-refractivity contribution in [3.8, 4) is 0 Å². The van der Waals surface area contributed by atoms with Crippen LogP contribution in [0.25, 0.3) is 11.2 Å². The number of nitrogens with zero attached hydrogens (tertiary/aromatic N) is 6. The normalized spacial score (nSPS) is 29.3. The number of nitrogens with two attached hydrogens (primary N) is 2. The van der Waals surface area contributed by atoms with Crippen LogP contribution in [0.3, 0.4) is 0 Å². The lowest BCUT2D eigenvalue weighted by Crippen LogP contribution is -2.39. The molecule has 2 aliphatic heterocycles. The van der Waals surface area contributed by atoms with E-state index < -0.39 is 68.7 Å². The maximum Gasteiger partial charge on any atom is 0.472 e. The molecule has 21 heteroatoms. The fourth-order valence-electron chi connectivity index (χ4n) is 4.91. The van der Waals surface area contributed by atoms with Crippen molar-refractivity contribution in [2.75, 3.05) is 46.0 Å². The number of imidazole rings is 1. The summed E-state index contributed by atoms with van der Waals surface area (Å²) in [4.78, 5) is 53.2. The number of methoxy groups -OCH3 is 3. The molecule has 0 aromatic carbocycles. The van der Waals surface area contributed by atoms with Crippen LogP contribution in [-0.4, -0.2) is 104 Å². The van der Waals surface area contributed by atoms with E-state index in [9.17, 15) is 19.0 Å². The molecular formula is C21H30N9O11P. The highest BCUT2D eigenvalue weighted by atomic mass is 31.2. The van der Waals surface area contributed by atoms with Gasteiger partial charge in [-0.15, -0.1) is 0 Å². The highest BCUT2D eigenvalue weighted by molar-refractivity contribution is 7.47. The number of nitrogen functional groups attached to an aromatic ring is 2. The fourth-order valence-corrected chi connectivity index (χ4v) is 5.87. The number of hydrogen-bond donors (Lipinski definition) is 4. The zero-order valence-corrected chi connectivity index (χ0v) is 23.5. The zero-order chi connectivity index (χ0) is 30.2. The van der Waals surface area contributed by atoms with Gasteiger partial charge in [0.25, 0.3) is 5.56 Å². The largest absolute Gasteiger partial charge is 0.472 e. The second-order valence-electron chi connectivity index (χ2n) is 9.37. The van der Waals surface area contributed by atoms with Crippen molar-refractivity contribution in [2.24, 2.45) is 0 Å². The van der Waals surface area contributed by atoms with Gasteiger partial charge in [0, 0.05) is 27.8 Å². The lowest BCUT2D eigenvalue weighted by Gasteiger charge is -2.26. The fraction of sp³-hybridized carbons (Fsp3) is 0.619. The molecule has 2 aliphatic rings. The summed E-state index contributed by atoms with van der Waals surface area (Å²) < 4.78 is 54.5. The Morgan fingerprint density at radius 3 is 2.50 bits per heavy atom. The predicted molar refractivity (Wildman–Crippen MR) is 140 cm³/mol. The summed E-state index contributed by atoms with van der Waals surface area (Å²) in [5.74, 6) is -0.333. The average molecular weight is 615 g/mol. The van der Waals surface area contributed by atoms with Crippen LogP contribution in [0.5, 0.6) is 0 Å². The summed E-state index contributed by atoms with van der Waals surface area (Å²) in [5.41, 5.74) is 10.1. The van der Waals surface area contributed by atoms with Gasteiger partial charge in [0.05, 0.1) is 25.6 Å². The Hall–Kier alpha value is -3.33. The highest BCUT2D eigenvalue weighted by Crippen LogP contribution is 2.49. The third-order valence-corrected chi connectivity index (χ3v) is 7.79. The Morgan fingerprint density at radius 1 is 1.05 bits per heavy atom. The molecule has 2 fully saturated rings. The van der Waals surface area contributed by atoms with Gasteiger partial charge in [-0.2, -0.15) is 9.97 Å². The van der Waals surface area contributed by atoms with E-state index in [0.29, 0.717) is 0 Å². The van der Waals surface area contributed by atoms with Gasteiger partial charge in [-0.25, -0.2) is 19.3 Å². The monoisotopic (exact) mass is 615 g/mol. The van der Waals surface area contributed by atoms with Crippen molar-refractivity contribution >= 4 is 30.9 Å². The molecule has 3 aromatic heterocycles. The maximum atomic E-state index is 13.1. The van der Waals surface area contributed by atoms with Crippen LogP contribution in [0.2, 0.25) is 0 Å². The molecule has 6 N–H and O–H groups in total. The number of fused-ring (bicyclic) bond motifs is 1. The van der Waals surface area contributed by atoms with Crippen LogP contribution in [0.4, 0.5) is 11.9 Å². The molecule has 2 saturated heterocycles. The Labute approximate surface area is 236 Å². The van der Waals surface area contributed by atoms with E-state index in [1.807, 2.05) is 0 Å². The van der Waals surface area contributed by atoms with Crippen molar-refractivity contribution < 1.29 is 42.2 Å². The van der Waals surface area contributed by atoms with Gasteiger partial charge in [-0.3, -0.25) is 28.0 Å². The van der Waals surface area contributed by atoms with Gasteiger partial charge in [-0.05, 0) is 0 Å². The average Bonchev–Trinajstić information content (AvgIpc) is 3.63. The van der Waals surface area contributed by atoms with Gasteiger partial charge in [-0.1, -0.05) is 0 Å². The summed E-state index contributed by atoms with van der Waals surface area (Å²) in [5, 5.41) is 0. The molecule has 0 aliphatic carbocycles. The number of H-pyrrole nitrogens is 1. The van der Waals surface area contributed by atoms with Crippen molar-refractivity contribution in [1.29, 1.82) is 0 Å². The molecule has 8 atom stereocenters. The number of anilines is 2. The number of aromatic nitrogens is 7. The molecule has 3 aromatic rings. The lowest BCUT2D eigenvalue weighted by atomic mass is 10.1. The highest BCUT2D eigenvalue weighted by Gasteiger charge is 2.51. The van der Waals surface area contributed by atoms with E-state index in [1.54, 1.807) is 0 Å². The Kier molecular flexibility index (Phi) is 8.69.